The normalized spacial score (nSPS) is 22.2. The number of nitrogens with one attached hydrogen (secondary N) is 1. The summed E-state index contributed by atoms with van der Waals surface area (Å²) in [6.07, 6.45) is 3.60. The maximum absolute atomic E-state index is 14.0. The third kappa shape index (κ3) is 6.36. The molecule has 0 spiro atoms. The van der Waals surface area contributed by atoms with Crippen molar-refractivity contribution in [1.29, 1.82) is 0 Å². The Morgan fingerprint density at radius 1 is 1.02 bits per heavy atom. The standard InChI is InChI=1S/C37H47ClN6O7S/c1-21-15-31(42-14-13-41(5)25(18-42)20-50-6)22(2)34-33(21)26-11-12-43(19-29(26)37(47)51-34)36(46)27-17-32(40(3)4)28(16-30(27)38)35(45)39-52(48,49)44-23-7-8-24(44)10-9-23/h15-17,23-25H,7-14,18-20H2,1-6H3,(H,39,45). The van der Waals surface area contributed by atoms with Gasteiger partial charge in [-0.1, -0.05) is 11.6 Å². The molecule has 2 bridgehead atoms. The molecule has 4 aliphatic heterocycles. The second-order valence-corrected chi connectivity index (χ2v) is 16.9. The SMILES string of the molecule is COCC1CN(c2cc(C)c3c4c(c(=O)oc3c2C)CN(C(=O)c2cc(N(C)C)c(C(=O)NS(=O)(=O)N3C5CCC3CC5)cc2Cl)CC4)CCN1C. The number of amides is 2. The van der Waals surface area contributed by atoms with Gasteiger partial charge in [-0.05, 0) is 82.3 Å². The number of piperazine rings is 1. The van der Waals surface area contributed by atoms with Crippen LogP contribution in [0.3, 0.4) is 0 Å². The number of ether oxygens (including phenoxy) is 1. The zero-order chi connectivity index (χ0) is 37.2. The third-order valence-corrected chi connectivity index (χ3v) is 13.4. The van der Waals surface area contributed by atoms with Crippen LogP contribution in [0, 0.1) is 13.8 Å². The monoisotopic (exact) mass is 754 g/mol. The second kappa shape index (κ2) is 13.9. The van der Waals surface area contributed by atoms with E-state index in [9.17, 15) is 22.8 Å². The molecule has 4 aliphatic rings. The summed E-state index contributed by atoms with van der Waals surface area (Å²) in [5.74, 6) is -1.22. The summed E-state index contributed by atoms with van der Waals surface area (Å²) in [5.41, 5.74) is 4.89. The van der Waals surface area contributed by atoms with E-state index in [1.807, 2.05) is 13.8 Å². The Hall–Kier alpha value is -3.69. The van der Waals surface area contributed by atoms with E-state index in [1.165, 1.54) is 16.4 Å². The molecular formula is C37H47ClN6O7S. The first kappa shape index (κ1) is 36.7. The van der Waals surface area contributed by atoms with Gasteiger partial charge in [0.15, 0.2) is 0 Å². The van der Waals surface area contributed by atoms with Crippen LogP contribution in [0.15, 0.2) is 27.4 Å². The minimum atomic E-state index is -4.06. The Balaban J connectivity index is 1.15. The fourth-order valence-electron chi connectivity index (χ4n) is 8.72. The molecule has 5 heterocycles. The zero-order valence-electron chi connectivity index (χ0n) is 30.6. The molecule has 15 heteroatoms. The number of carbonyl (C=O) groups is 2. The van der Waals surface area contributed by atoms with Crippen molar-refractivity contribution in [3.8, 4) is 0 Å². The van der Waals surface area contributed by atoms with Crippen molar-refractivity contribution < 1.29 is 27.2 Å². The number of anilines is 2. The van der Waals surface area contributed by atoms with E-state index in [0.29, 0.717) is 36.4 Å². The van der Waals surface area contributed by atoms with Gasteiger partial charge >= 0.3 is 15.8 Å². The van der Waals surface area contributed by atoms with Crippen LogP contribution in [0.2, 0.25) is 5.02 Å². The lowest BCUT2D eigenvalue weighted by Gasteiger charge is -2.41. The molecule has 0 saturated carbocycles. The van der Waals surface area contributed by atoms with Gasteiger partial charge in [0.1, 0.15) is 5.58 Å². The van der Waals surface area contributed by atoms with Crippen LogP contribution in [0.1, 0.15) is 68.7 Å². The molecule has 1 unspecified atom stereocenters. The fraction of sp³-hybridized carbons (Fsp3) is 0.541. The summed E-state index contributed by atoms with van der Waals surface area (Å²) in [4.78, 5) is 49.0. The van der Waals surface area contributed by atoms with Crippen LogP contribution >= 0.6 is 11.6 Å². The first-order valence-corrected chi connectivity index (χ1v) is 19.7. The zero-order valence-corrected chi connectivity index (χ0v) is 32.2. The molecule has 7 rings (SSSR count). The fourth-order valence-corrected chi connectivity index (χ4v) is 10.6. The van der Waals surface area contributed by atoms with Crippen molar-refractivity contribution >= 4 is 56.0 Å². The first-order chi connectivity index (χ1) is 24.7. The summed E-state index contributed by atoms with van der Waals surface area (Å²) in [5, 5.41) is 0.914. The maximum atomic E-state index is 14.0. The highest BCUT2D eigenvalue weighted by atomic mass is 35.5. The van der Waals surface area contributed by atoms with Crippen molar-refractivity contribution in [2.24, 2.45) is 0 Å². The van der Waals surface area contributed by atoms with Crippen LogP contribution in [-0.4, -0.2) is 114 Å². The summed E-state index contributed by atoms with van der Waals surface area (Å²) < 4.78 is 41.7. The van der Waals surface area contributed by atoms with Gasteiger partial charge in [0.2, 0.25) is 0 Å². The van der Waals surface area contributed by atoms with Crippen molar-refractivity contribution in [3.05, 3.63) is 67.0 Å². The van der Waals surface area contributed by atoms with E-state index in [-0.39, 0.29) is 40.8 Å². The van der Waals surface area contributed by atoms with E-state index in [1.54, 1.807) is 31.0 Å². The molecule has 1 atom stereocenters. The predicted octanol–water partition coefficient (Wildman–Crippen LogP) is 3.70. The van der Waals surface area contributed by atoms with Crippen LogP contribution in [0.4, 0.5) is 11.4 Å². The minimum absolute atomic E-state index is 0.00590. The number of nitrogens with zero attached hydrogens (tertiary/aromatic N) is 5. The number of halogens is 1. The molecule has 3 saturated heterocycles. The average Bonchev–Trinajstić information content (AvgIpc) is 3.72. The number of fused-ring (bicyclic) bond motifs is 5. The Bertz CT molecular complexity index is 2100. The number of methoxy groups -OCH3 is 1. The van der Waals surface area contributed by atoms with E-state index in [0.717, 1.165) is 73.1 Å². The van der Waals surface area contributed by atoms with Gasteiger partial charge in [0.05, 0.1) is 40.9 Å². The molecule has 1 N–H and O–H groups in total. The van der Waals surface area contributed by atoms with Crippen LogP contribution in [-0.2, 0) is 27.9 Å². The molecule has 0 radical (unpaired) electrons. The maximum Gasteiger partial charge on any atom is 0.341 e. The van der Waals surface area contributed by atoms with Gasteiger partial charge in [-0.15, -0.1) is 0 Å². The molecule has 13 nitrogen and oxygen atoms in total. The molecule has 1 aromatic heterocycles. The Morgan fingerprint density at radius 3 is 2.37 bits per heavy atom. The Kier molecular flexibility index (Phi) is 9.83. The van der Waals surface area contributed by atoms with Gasteiger partial charge in [0.25, 0.3) is 11.8 Å². The summed E-state index contributed by atoms with van der Waals surface area (Å²) in [7, 11) is 3.17. The van der Waals surface area contributed by atoms with Gasteiger partial charge in [-0.2, -0.15) is 12.7 Å². The summed E-state index contributed by atoms with van der Waals surface area (Å²) >= 11 is 6.68. The molecule has 2 amide bonds. The van der Waals surface area contributed by atoms with E-state index in [2.05, 4.69) is 27.6 Å². The van der Waals surface area contributed by atoms with Crippen LogP contribution < -0.4 is 20.1 Å². The van der Waals surface area contributed by atoms with Gasteiger partial charge in [-0.25, -0.2) is 9.52 Å². The number of hydrogen-bond acceptors (Lipinski definition) is 10. The van der Waals surface area contributed by atoms with Crippen molar-refractivity contribution in [3.63, 3.8) is 0 Å². The van der Waals surface area contributed by atoms with E-state index >= 15 is 0 Å². The molecule has 3 fully saturated rings. The highest BCUT2D eigenvalue weighted by molar-refractivity contribution is 7.87. The predicted molar refractivity (Wildman–Crippen MR) is 201 cm³/mol. The van der Waals surface area contributed by atoms with Crippen LogP contribution in [0.5, 0.6) is 0 Å². The van der Waals surface area contributed by atoms with Gasteiger partial charge in [0, 0.05) is 81.8 Å². The van der Waals surface area contributed by atoms with Gasteiger partial charge < -0.3 is 23.9 Å². The largest absolute Gasteiger partial charge is 0.422 e. The number of carbonyl (C=O) groups excluding carboxylic acids is 2. The Labute approximate surface area is 309 Å². The lowest BCUT2D eigenvalue weighted by molar-refractivity contribution is 0.0732. The molecule has 0 aliphatic carbocycles. The highest BCUT2D eigenvalue weighted by Gasteiger charge is 2.47. The molecule has 3 aromatic rings. The number of hydrogen-bond donors (Lipinski definition) is 1. The quantitative estimate of drug-likeness (QED) is 0.340. The Morgan fingerprint density at radius 2 is 1.71 bits per heavy atom. The second-order valence-electron chi connectivity index (χ2n) is 14.9. The van der Waals surface area contributed by atoms with Crippen LogP contribution in [0.25, 0.3) is 11.0 Å². The minimum Gasteiger partial charge on any atom is -0.422 e. The third-order valence-electron chi connectivity index (χ3n) is 11.5. The molecular weight excluding hydrogens is 708 g/mol. The average molecular weight is 755 g/mol. The lowest BCUT2D eigenvalue weighted by Crippen LogP contribution is -2.53. The lowest BCUT2D eigenvalue weighted by atomic mass is 9.92. The number of aryl methyl sites for hydroxylation is 2. The number of rotatable bonds is 8. The van der Waals surface area contributed by atoms with E-state index < -0.39 is 27.6 Å². The van der Waals surface area contributed by atoms with Crippen molar-refractivity contribution in [2.45, 2.75) is 70.6 Å². The molecule has 2 aromatic carbocycles. The van der Waals surface area contributed by atoms with Gasteiger partial charge in [-0.3, -0.25) is 14.5 Å². The molecule has 280 valence electrons. The smallest absolute Gasteiger partial charge is 0.341 e. The highest BCUT2D eigenvalue weighted by Crippen LogP contribution is 2.40. The van der Waals surface area contributed by atoms with Crippen molar-refractivity contribution in [2.75, 3.05) is 70.8 Å². The van der Waals surface area contributed by atoms with Crippen molar-refractivity contribution in [1.82, 2.24) is 18.8 Å². The van der Waals surface area contributed by atoms with E-state index in [4.69, 9.17) is 20.8 Å². The molecule has 52 heavy (non-hydrogen) atoms. The summed E-state index contributed by atoms with van der Waals surface area (Å²) in [6.45, 7) is 7.56. The number of likely N-dealkylation sites (N-methyl/N-ethyl adjacent to an activating group) is 1. The topological polar surface area (TPSA) is 136 Å². The summed E-state index contributed by atoms with van der Waals surface area (Å²) in [6, 6.07) is 5.08. The number of benzene rings is 2. The first-order valence-electron chi connectivity index (χ1n) is 17.9.